The third-order valence-corrected chi connectivity index (χ3v) is 2.82. The maximum Gasteiger partial charge on any atom is 0.311 e. The second kappa shape index (κ2) is 6.12. The fourth-order valence-electron chi connectivity index (χ4n) is 1.81. The third-order valence-electron chi connectivity index (χ3n) is 2.82. The highest BCUT2D eigenvalue weighted by atomic mass is 16.6. The number of rotatable bonds is 5. The van der Waals surface area contributed by atoms with E-state index in [0.717, 1.165) is 0 Å². The van der Waals surface area contributed by atoms with Gasteiger partial charge in [-0.1, -0.05) is 0 Å². The summed E-state index contributed by atoms with van der Waals surface area (Å²) in [7, 11) is 4.83. The SMILES string of the molecule is Bc1ccc([N+](=O)[O-])c(Nc2cc(OC)cc(OC)c2)n1. The number of hydrogen-bond donors (Lipinski definition) is 1. The number of methoxy groups -OCH3 is 2. The molecule has 0 atom stereocenters. The Labute approximate surface area is 122 Å². The lowest BCUT2D eigenvalue weighted by Crippen LogP contribution is -2.11. The summed E-state index contributed by atoms with van der Waals surface area (Å²) in [6, 6.07) is 8.13. The van der Waals surface area contributed by atoms with Gasteiger partial charge in [0.25, 0.3) is 0 Å². The van der Waals surface area contributed by atoms with Crippen LogP contribution in [0, 0.1) is 10.1 Å². The molecular weight excluding hydrogens is 273 g/mol. The molecule has 7 nitrogen and oxygen atoms in total. The Balaban J connectivity index is 2.42. The minimum absolute atomic E-state index is 0.0950. The molecular formula is C13H14BN3O4. The Bertz CT molecular complexity index is 656. The molecule has 1 N–H and O–H groups in total. The summed E-state index contributed by atoms with van der Waals surface area (Å²) < 4.78 is 10.3. The minimum Gasteiger partial charge on any atom is -0.497 e. The van der Waals surface area contributed by atoms with Gasteiger partial charge in [0.15, 0.2) is 7.85 Å². The smallest absolute Gasteiger partial charge is 0.311 e. The van der Waals surface area contributed by atoms with Gasteiger partial charge in [0.2, 0.25) is 5.82 Å². The molecule has 0 bridgehead atoms. The topological polar surface area (TPSA) is 86.5 Å². The van der Waals surface area contributed by atoms with E-state index in [1.807, 2.05) is 0 Å². The van der Waals surface area contributed by atoms with Crippen molar-refractivity contribution in [2.75, 3.05) is 19.5 Å². The normalized spacial score (nSPS) is 10.0. The fraction of sp³-hybridized carbons (Fsp3) is 0.154. The number of anilines is 2. The maximum atomic E-state index is 11.0. The molecule has 2 rings (SSSR count). The average molecular weight is 287 g/mol. The Morgan fingerprint density at radius 3 is 2.33 bits per heavy atom. The number of nitrogens with zero attached hydrogens (tertiary/aromatic N) is 2. The van der Waals surface area contributed by atoms with Gasteiger partial charge in [-0.2, -0.15) is 0 Å². The molecule has 0 spiro atoms. The van der Waals surface area contributed by atoms with Gasteiger partial charge in [-0.05, 0) is 11.7 Å². The second-order valence-corrected chi connectivity index (χ2v) is 4.30. The highest BCUT2D eigenvalue weighted by Gasteiger charge is 2.16. The highest BCUT2D eigenvalue weighted by Crippen LogP contribution is 2.30. The first-order chi connectivity index (χ1) is 10.0. The first kappa shape index (κ1) is 14.6. The average Bonchev–Trinajstić information content (AvgIpc) is 2.46. The van der Waals surface area contributed by atoms with Crippen LogP contribution in [0.4, 0.5) is 17.2 Å². The van der Waals surface area contributed by atoms with E-state index in [0.29, 0.717) is 22.8 Å². The summed E-state index contributed by atoms with van der Waals surface area (Å²) >= 11 is 0. The van der Waals surface area contributed by atoms with Crippen molar-refractivity contribution in [1.82, 2.24) is 4.98 Å². The van der Waals surface area contributed by atoms with Gasteiger partial charge in [-0.15, -0.1) is 0 Å². The number of nitrogens with one attached hydrogen (secondary N) is 1. The Morgan fingerprint density at radius 2 is 1.81 bits per heavy atom. The molecule has 1 heterocycles. The molecule has 1 aromatic heterocycles. The van der Waals surface area contributed by atoms with Crippen LogP contribution in [-0.4, -0.2) is 32.0 Å². The van der Waals surface area contributed by atoms with Crippen molar-refractivity contribution in [1.29, 1.82) is 0 Å². The molecule has 0 aliphatic rings. The van der Waals surface area contributed by atoms with Crippen molar-refractivity contribution < 1.29 is 14.4 Å². The van der Waals surface area contributed by atoms with Crippen molar-refractivity contribution in [2.24, 2.45) is 0 Å². The summed E-state index contributed by atoms with van der Waals surface area (Å²) in [4.78, 5) is 14.7. The lowest BCUT2D eigenvalue weighted by molar-refractivity contribution is -0.384. The van der Waals surface area contributed by atoms with Crippen molar-refractivity contribution in [3.8, 4) is 11.5 Å². The van der Waals surface area contributed by atoms with Crippen LogP contribution in [0.5, 0.6) is 11.5 Å². The van der Waals surface area contributed by atoms with Crippen LogP contribution in [0.2, 0.25) is 0 Å². The van der Waals surface area contributed by atoms with Gasteiger partial charge < -0.3 is 14.8 Å². The standard InChI is InChI=1S/C13H14BN3O4/c1-20-9-5-8(6-10(7-9)21-2)15-13-11(17(18)19)3-4-12(14)16-13/h3-7H,14H2,1-2H3,(H,15,16). The number of hydrogen-bond acceptors (Lipinski definition) is 6. The maximum absolute atomic E-state index is 11.0. The van der Waals surface area contributed by atoms with Crippen molar-refractivity contribution in [2.45, 2.75) is 0 Å². The lowest BCUT2D eigenvalue weighted by Gasteiger charge is -2.10. The van der Waals surface area contributed by atoms with Crippen LogP contribution in [-0.2, 0) is 0 Å². The van der Waals surface area contributed by atoms with Crippen molar-refractivity contribution in [3.63, 3.8) is 0 Å². The molecule has 108 valence electrons. The minimum atomic E-state index is -0.480. The summed E-state index contributed by atoms with van der Waals surface area (Å²) in [6.45, 7) is 0. The molecule has 1 aromatic carbocycles. The van der Waals surface area contributed by atoms with Gasteiger partial charge in [0, 0.05) is 30.0 Å². The zero-order valence-electron chi connectivity index (χ0n) is 11.9. The molecule has 0 fully saturated rings. The predicted molar refractivity (Wildman–Crippen MR) is 81.9 cm³/mol. The highest BCUT2D eigenvalue weighted by molar-refractivity contribution is 6.30. The number of pyridine rings is 1. The number of nitro groups is 1. The Morgan fingerprint density at radius 1 is 1.19 bits per heavy atom. The van der Waals surface area contributed by atoms with Crippen LogP contribution in [0.25, 0.3) is 0 Å². The zero-order valence-corrected chi connectivity index (χ0v) is 11.9. The van der Waals surface area contributed by atoms with E-state index >= 15 is 0 Å². The first-order valence-corrected chi connectivity index (χ1v) is 6.15. The van der Waals surface area contributed by atoms with Gasteiger partial charge in [-0.3, -0.25) is 10.1 Å². The molecule has 0 unspecified atom stereocenters. The van der Waals surface area contributed by atoms with Crippen molar-refractivity contribution >= 4 is 30.6 Å². The third kappa shape index (κ3) is 3.41. The van der Waals surface area contributed by atoms with Crippen LogP contribution >= 0.6 is 0 Å². The number of benzene rings is 1. The quantitative estimate of drug-likeness (QED) is 0.501. The van der Waals surface area contributed by atoms with E-state index < -0.39 is 4.92 Å². The van der Waals surface area contributed by atoms with Gasteiger partial charge in [-0.25, -0.2) is 4.98 Å². The summed E-state index contributed by atoms with van der Waals surface area (Å²) in [5.74, 6) is 1.33. The Kier molecular flexibility index (Phi) is 4.27. The fourth-order valence-corrected chi connectivity index (χ4v) is 1.81. The summed E-state index contributed by atoms with van der Waals surface area (Å²) in [6.07, 6.45) is 0. The largest absolute Gasteiger partial charge is 0.497 e. The molecule has 0 aliphatic heterocycles. The lowest BCUT2D eigenvalue weighted by atomic mass is 10.0. The van der Waals surface area contributed by atoms with Crippen LogP contribution in [0.15, 0.2) is 30.3 Å². The molecule has 0 saturated carbocycles. The molecule has 2 aromatic rings. The van der Waals surface area contributed by atoms with E-state index in [1.54, 1.807) is 32.1 Å². The van der Waals surface area contributed by atoms with Gasteiger partial charge in [0.05, 0.1) is 19.1 Å². The molecule has 0 saturated heterocycles. The predicted octanol–water partition coefficient (Wildman–Crippen LogP) is 1.01. The van der Waals surface area contributed by atoms with E-state index in [1.165, 1.54) is 20.3 Å². The number of aromatic nitrogens is 1. The van der Waals surface area contributed by atoms with Gasteiger partial charge >= 0.3 is 5.69 Å². The van der Waals surface area contributed by atoms with Crippen molar-refractivity contribution in [3.05, 3.63) is 40.4 Å². The summed E-state index contributed by atoms with van der Waals surface area (Å²) in [5.41, 5.74) is 1.17. The second-order valence-electron chi connectivity index (χ2n) is 4.30. The van der Waals surface area contributed by atoms with E-state index in [-0.39, 0.29) is 11.5 Å². The van der Waals surface area contributed by atoms with Gasteiger partial charge in [0.1, 0.15) is 11.5 Å². The molecule has 8 heteroatoms. The molecule has 0 amide bonds. The van der Waals surface area contributed by atoms with Crippen LogP contribution in [0.3, 0.4) is 0 Å². The van der Waals surface area contributed by atoms with E-state index in [2.05, 4.69) is 10.3 Å². The zero-order chi connectivity index (χ0) is 15.4. The molecule has 0 aliphatic carbocycles. The van der Waals surface area contributed by atoms with Crippen LogP contribution in [0.1, 0.15) is 0 Å². The van der Waals surface area contributed by atoms with E-state index in [9.17, 15) is 10.1 Å². The first-order valence-electron chi connectivity index (χ1n) is 6.15. The Hall–Kier alpha value is -2.77. The van der Waals surface area contributed by atoms with Crippen LogP contribution < -0.4 is 20.4 Å². The van der Waals surface area contributed by atoms with E-state index in [4.69, 9.17) is 9.47 Å². The monoisotopic (exact) mass is 287 g/mol. The molecule has 0 radical (unpaired) electrons. The molecule has 21 heavy (non-hydrogen) atoms. The number of ether oxygens (including phenoxy) is 2. The summed E-state index contributed by atoms with van der Waals surface area (Å²) in [5, 5.41) is 14.0.